The first-order valence-corrected chi connectivity index (χ1v) is 7.56. The minimum atomic E-state index is 0.167. The normalized spacial score (nSPS) is 12.2. The number of nitrogens with zero attached hydrogens (tertiary/aromatic N) is 1. The van der Waals surface area contributed by atoms with E-state index in [9.17, 15) is 4.79 Å². The summed E-state index contributed by atoms with van der Waals surface area (Å²) < 4.78 is 0. The molecule has 1 atom stereocenters. The van der Waals surface area contributed by atoms with E-state index in [2.05, 4.69) is 13.2 Å². The molecule has 0 aliphatic carbocycles. The average Bonchev–Trinajstić information content (AvgIpc) is 2.37. The molecule has 0 aliphatic rings. The molecule has 1 aromatic rings. The zero-order valence-corrected chi connectivity index (χ0v) is 12.2. The Hall–Kier alpha value is -1.16. The van der Waals surface area contributed by atoms with Gasteiger partial charge in [-0.3, -0.25) is 4.79 Å². The highest BCUT2D eigenvalue weighted by atomic mass is 32.2. The third-order valence-corrected chi connectivity index (χ3v) is 3.82. The van der Waals surface area contributed by atoms with Gasteiger partial charge in [-0.2, -0.15) is 11.8 Å². The predicted molar refractivity (Wildman–Crippen MR) is 79.8 cm³/mol. The van der Waals surface area contributed by atoms with Crippen molar-refractivity contribution in [1.82, 2.24) is 4.90 Å². The molecule has 0 radical (unpaired) electrons. The molecule has 0 aromatic heterocycles. The monoisotopic (exact) mass is 266 g/mol. The summed E-state index contributed by atoms with van der Waals surface area (Å²) in [6.07, 6.45) is 3.51. The summed E-state index contributed by atoms with van der Waals surface area (Å²) in [5, 5.41) is 0. The van der Waals surface area contributed by atoms with Crippen molar-refractivity contribution < 1.29 is 4.79 Å². The van der Waals surface area contributed by atoms with Crippen molar-refractivity contribution in [2.75, 3.05) is 24.8 Å². The van der Waals surface area contributed by atoms with E-state index in [0.717, 1.165) is 23.4 Å². The molecule has 2 N–H and O–H groups in total. The lowest BCUT2D eigenvalue weighted by Gasteiger charge is -2.26. The molecule has 100 valence electrons. The Bertz CT molecular complexity index is 378. The first kappa shape index (κ1) is 14.9. The second kappa shape index (κ2) is 7.31. The van der Waals surface area contributed by atoms with Crippen molar-refractivity contribution in [2.45, 2.75) is 25.8 Å². The van der Waals surface area contributed by atoms with E-state index in [-0.39, 0.29) is 5.91 Å². The summed E-state index contributed by atoms with van der Waals surface area (Å²) in [4.78, 5) is 14.0. The second-order valence-corrected chi connectivity index (χ2v) is 5.35. The summed E-state index contributed by atoms with van der Waals surface area (Å²) in [5.41, 5.74) is 7.37. The number of benzene rings is 1. The second-order valence-electron chi connectivity index (χ2n) is 4.44. The van der Waals surface area contributed by atoms with Crippen LogP contribution in [0.1, 0.15) is 18.9 Å². The van der Waals surface area contributed by atoms with Crippen LogP contribution in [0.25, 0.3) is 0 Å². The van der Waals surface area contributed by atoms with Gasteiger partial charge in [0, 0.05) is 24.5 Å². The summed E-state index contributed by atoms with van der Waals surface area (Å²) >= 11 is 1.78. The van der Waals surface area contributed by atoms with Gasteiger partial charge in [0.05, 0.1) is 6.42 Å². The molecule has 0 fully saturated rings. The van der Waals surface area contributed by atoms with Gasteiger partial charge >= 0.3 is 0 Å². The van der Waals surface area contributed by atoms with Crippen LogP contribution in [-0.2, 0) is 11.2 Å². The molecule has 0 bridgehead atoms. The van der Waals surface area contributed by atoms with Crippen LogP contribution in [0.5, 0.6) is 0 Å². The lowest BCUT2D eigenvalue weighted by molar-refractivity contribution is -0.130. The van der Waals surface area contributed by atoms with E-state index < -0.39 is 0 Å². The highest BCUT2D eigenvalue weighted by molar-refractivity contribution is 7.98. The largest absolute Gasteiger partial charge is 0.399 e. The van der Waals surface area contributed by atoms with Gasteiger partial charge in [0.15, 0.2) is 0 Å². The van der Waals surface area contributed by atoms with Gasteiger partial charge in [-0.25, -0.2) is 0 Å². The average molecular weight is 266 g/mol. The standard InChI is InChI=1S/C14H22N2OS/c1-4-13(10-18-3)16(2)14(17)9-11-5-7-12(15)8-6-11/h5-8,13H,4,9-10,15H2,1-3H3. The van der Waals surface area contributed by atoms with Gasteiger partial charge in [0.25, 0.3) is 0 Å². The Morgan fingerprint density at radius 2 is 2.00 bits per heavy atom. The number of hydrogen-bond acceptors (Lipinski definition) is 3. The number of carbonyl (C=O) groups excluding carboxylic acids is 1. The minimum Gasteiger partial charge on any atom is -0.399 e. The van der Waals surface area contributed by atoms with Gasteiger partial charge in [-0.05, 0) is 30.4 Å². The molecule has 0 aliphatic heterocycles. The van der Waals surface area contributed by atoms with Gasteiger partial charge in [-0.1, -0.05) is 19.1 Å². The summed E-state index contributed by atoms with van der Waals surface area (Å²) in [6, 6.07) is 7.82. The van der Waals surface area contributed by atoms with E-state index in [1.165, 1.54) is 0 Å². The minimum absolute atomic E-state index is 0.167. The maximum absolute atomic E-state index is 12.2. The topological polar surface area (TPSA) is 46.3 Å². The zero-order chi connectivity index (χ0) is 13.5. The van der Waals surface area contributed by atoms with Gasteiger partial charge < -0.3 is 10.6 Å². The third kappa shape index (κ3) is 4.26. The molecule has 4 heteroatoms. The summed E-state index contributed by atoms with van der Waals surface area (Å²) in [6.45, 7) is 2.12. The van der Waals surface area contributed by atoms with Crippen molar-refractivity contribution >= 4 is 23.4 Å². The smallest absolute Gasteiger partial charge is 0.227 e. The Balaban J connectivity index is 2.61. The lowest BCUT2D eigenvalue weighted by Crippen LogP contribution is -2.39. The highest BCUT2D eigenvalue weighted by Crippen LogP contribution is 2.12. The SMILES string of the molecule is CCC(CSC)N(C)C(=O)Cc1ccc(N)cc1. The molecule has 3 nitrogen and oxygen atoms in total. The van der Waals surface area contributed by atoms with Gasteiger partial charge in [0.2, 0.25) is 5.91 Å². The van der Waals surface area contributed by atoms with Crippen LogP contribution in [0, 0.1) is 0 Å². The van der Waals surface area contributed by atoms with E-state index in [0.29, 0.717) is 12.5 Å². The molecule has 1 rings (SSSR count). The number of anilines is 1. The van der Waals surface area contributed by atoms with Crippen molar-refractivity contribution in [2.24, 2.45) is 0 Å². The number of likely N-dealkylation sites (N-methyl/N-ethyl adjacent to an activating group) is 1. The number of rotatable bonds is 6. The van der Waals surface area contributed by atoms with Gasteiger partial charge in [-0.15, -0.1) is 0 Å². The summed E-state index contributed by atoms with van der Waals surface area (Å²) in [5.74, 6) is 1.15. The fourth-order valence-corrected chi connectivity index (χ4v) is 2.68. The van der Waals surface area contributed by atoms with E-state index >= 15 is 0 Å². The fraction of sp³-hybridized carbons (Fsp3) is 0.500. The number of hydrogen-bond donors (Lipinski definition) is 1. The number of carbonyl (C=O) groups is 1. The van der Waals surface area contributed by atoms with Crippen LogP contribution >= 0.6 is 11.8 Å². The van der Waals surface area contributed by atoms with E-state index in [1.54, 1.807) is 11.8 Å². The molecule has 0 heterocycles. The van der Waals surface area contributed by atoms with E-state index in [1.807, 2.05) is 36.2 Å². The van der Waals surface area contributed by atoms with Crippen LogP contribution in [-0.4, -0.2) is 35.9 Å². The first-order chi connectivity index (χ1) is 8.58. The van der Waals surface area contributed by atoms with Crippen molar-refractivity contribution in [1.29, 1.82) is 0 Å². The van der Waals surface area contributed by atoms with Crippen LogP contribution in [0.2, 0.25) is 0 Å². The number of thioether (sulfide) groups is 1. The molecule has 18 heavy (non-hydrogen) atoms. The predicted octanol–water partition coefficient (Wildman–Crippen LogP) is 2.41. The molecule has 0 spiro atoms. The zero-order valence-electron chi connectivity index (χ0n) is 11.3. The maximum Gasteiger partial charge on any atom is 0.227 e. The molecule has 0 saturated heterocycles. The summed E-state index contributed by atoms with van der Waals surface area (Å²) in [7, 11) is 1.89. The molecular weight excluding hydrogens is 244 g/mol. The molecule has 0 saturated carbocycles. The van der Waals surface area contributed by atoms with Crippen LogP contribution in [0.3, 0.4) is 0 Å². The van der Waals surface area contributed by atoms with Crippen LogP contribution < -0.4 is 5.73 Å². The number of nitrogen functional groups attached to an aromatic ring is 1. The number of amides is 1. The third-order valence-electron chi connectivity index (χ3n) is 3.11. The van der Waals surface area contributed by atoms with Gasteiger partial charge in [0.1, 0.15) is 0 Å². The molecular formula is C14H22N2OS. The molecule has 1 unspecified atom stereocenters. The van der Waals surface area contributed by atoms with E-state index in [4.69, 9.17) is 5.73 Å². The quantitative estimate of drug-likeness (QED) is 0.804. The number of nitrogens with two attached hydrogens (primary N) is 1. The Morgan fingerprint density at radius 1 is 1.39 bits per heavy atom. The highest BCUT2D eigenvalue weighted by Gasteiger charge is 2.17. The maximum atomic E-state index is 12.2. The molecule has 1 aromatic carbocycles. The Labute approximate surface area is 114 Å². The van der Waals surface area contributed by atoms with Crippen molar-refractivity contribution in [3.05, 3.63) is 29.8 Å². The van der Waals surface area contributed by atoms with Crippen LogP contribution in [0.4, 0.5) is 5.69 Å². The Morgan fingerprint density at radius 3 is 2.50 bits per heavy atom. The van der Waals surface area contributed by atoms with Crippen molar-refractivity contribution in [3.63, 3.8) is 0 Å². The van der Waals surface area contributed by atoms with Crippen LogP contribution in [0.15, 0.2) is 24.3 Å². The van der Waals surface area contributed by atoms with Crippen molar-refractivity contribution in [3.8, 4) is 0 Å². The Kier molecular flexibility index (Phi) is 6.05. The first-order valence-electron chi connectivity index (χ1n) is 6.17. The fourth-order valence-electron chi connectivity index (χ4n) is 1.83. The lowest BCUT2D eigenvalue weighted by atomic mass is 10.1. The molecule has 1 amide bonds.